The zero-order chi connectivity index (χ0) is 9.47. The second kappa shape index (κ2) is 2.52. The molecule has 0 amide bonds. The van der Waals surface area contributed by atoms with Gasteiger partial charge in [-0.1, -0.05) is 6.07 Å². The third-order valence-corrected chi connectivity index (χ3v) is 1.80. The van der Waals surface area contributed by atoms with E-state index >= 15 is 0 Å². The lowest BCUT2D eigenvalue weighted by Crippen LogP contribution is -2.04. The van der Waals surface area contributed by atoms with Gasteiger partial charge in [-0.15, -0.1) is 0 Å². The lowest BCUT2D eigenvalue weighted by Gasteiger charge is -2.06. The van der Waals surface area contributed by atoms with E-state index in [9.17, 15) is 13.2 Å². The quantitative estimate of drug-likeness (QED) is 0.614. The molecule has 0 aliphatic carbocycles. The molecule has 0 saturated carbocycles. The molecule has 1 aromatic carbocycles. The Morgan fingerprint density at radius 2 is 1.85 bits per heavy atom. The van der Waals surface area contributed by atoms with Crippen molar-refractivity contribution in [3.05, 3.63) is 36.1 Å². The van der Waals surface area contributed by atoms with Gasteiger partial charge in [-0.25, -0.2) is 0 Å². The van der Waals surface area contributed by atoms with Gasteiger partial charge in [-0.3, -0.25) is 0 Å². The Bertz CT molecular complexity index is 428. The van der Waals surface area contributed by atoms with Gasteiger partial charge in [0.1, 0.15) is 5.58 Å². The fraction of sp³-hybridized carbons (Fsp3) is 0.111. The van der Waals surface area contributed by atoms with E-state index in [2.05, 4.69) is 0 Å². The number of hydrogen-bond donors (Lipinski definition) is 0. The predicted molar refractivity (Wildman–Crippen MR) is 41.2 cm³/mol. The summed E-state index contributed by atoms with van der Waals surface area (Å²) >= 11 is 0. The third-order valence-electron chi connectivity index (χ3n) is 1.80. The molecule has 1 heterocycles. The van der Waals surface area contributed by atoms with Gasteiger partial charge in [0.05, 0.1) is 11.8 Å². The van der Waals surface area contributed by atoms with Gasteiger partial charge in [-0.2, -0.15) is 13.2 Å². The first kappa shape index (κ1) is 8.16. The van der Waals surface area contributed by atoms with Gasteiger partial charge in [0.15, 0.2) is 0 Å². The van der Waals surface area contributed by atoms with Crippen LogP contribution in [0.3, 0.4) is 0 Å². The van der Waals surface area contributed by atoms with E-state index in [1.807, 2.05) is 0 Å². The summed E-state index contributed by atoms with van der Waals surface area (Å²) in [5, 5.41) is 0.106. The molecule has 0 atom stereocenters. The van der Waals surface area contributed by atoms with Gasteiger partial charge in [0, 0.05) is 5.39 Å². The van der Waals surface area contributed by atoms with Crippen LogP contribution in [0.1, 0.15) is 5.56 Å². The van der Waals surface area contributed by atoms with Crippen molar-refractivity contribution in [2.24, 2.45) is 0 Å². The summed E-state index contributed by atoms with van der Waals surface area (Å²) in [5.74, 6) is 0. The molecular weight excluding hydrogens is 181 g/mol. The maximum atomic E-state index is 12.4. The third kappa shape index (κ3) is 1.28. The molecule has 0 aliphatic rings. The number of hydrogen-bond acceptors (Lipinski definition) is 1. The van der Waals surface area contributed by atoms with Crippen LogP contribution in [0.25, 0.3) is 11.0 Å². The number of halogens is 3. The van der Waals surface area contributed by atoms with Crippen molar-refractivity contribution in [2.45, 2.75) is 6.18 Å². The summed E-state index contributed by atoms with van der Waals surface area (Å²) in [6.07, 6.45) is -3.07. The van der Waals surface area contributed by atoms with Crippen molar-refractivity contribution < 1.29 is 17.6 Å². The molecule has 1 nitrogen and oxygen atoms in total. The highest BCUT2D eigenvalue weighted by molar-refractivity contribution is 5.81. The number of rotatable bonds is 0. The summed E-state index contributed by atoms with van der Waals surface area (Å²) in [4.78, 5) is 0. The average molecular weight is 186 g/mol. The van der Waals surface area contributed by atoms with Crippen molar-refractivity contribution in [1.29, 1.82) is 0 Å². The Kier molecular flexibility index (Phi) is 1.58. The Balaban J connectivity index is 2.75. The molecule has 68 valence electrons. The summed E-state index contributed by atoms with van der Waals surface area (Å²) in [7, 11) is 0. The normalized spacial score (nSPS) is 12.2. The van der Waals surface area contributed by atoms with Crippen LogP contribution < -0.4 is 0 Å². The lowest BCUT2D eigenvalue weighted by atomic mass is 10.1. The molecular formula is C9H5F3O. The number of fused-ring (bicyclic) bond motifs is 1. The van der Waals surface area contributed by atoms with E-state index in [4.69, 9.17) is 4.42 Å². The van der Waals surface area contributed by atoms with E-state index < -0.39 is 11.7 Å². The van der Waals surface area contributed by atoms with Crippen LogP contribution in [0.5, 0.6) is 0 Å². The SMILES string of the molecule is FC(F)(F)c1cccc2occc12. The monoisotopic (exact) mass is 186 g/mol. The Hall–Kier alpha value is -1.45. The predicted octanol–water partition coefficient (Wildman–Crippen LogP) is 3.45. The van der Waals surface area contributed by atoms with E-state index in [-0.39, 0.29) is 11.0 Å². The second-order valence-electron chi connectivity index (χ2n) is 2.64. The molecule has 13 heavy (non-hydrogen) atoms. The van der Waals surface area contributed by atoms with Crippen molar-refractivity contribution in [3.63, 3.8) is 0 Å². The van der Waals surface area contributed by atoms with Crippen LogP contribution in [0.15, 0.2) is 34.9 Å². The fourth-order valence-corrected chi connectivity index (χ4v) is 1.24. The van der Waals surface area contributed by atoms with Gasteiger partial charge in [0.2, 0.25) is 0 Å². The fourth-order valence-electron chi connectivity index (χ4n) is 1.24. The first-order chi connectivity index (χ1) is 6.09. The highest BCUT2D eigenvalue weighted by atomic mass is 19.4. The first-order valence-corrected chi connectivity index (χ1v) is 3.62. The smallest absolute Gasteiger partial charge is 0.417 e. The van der Waals surface area contributed by atoms with Crippen molar-refractivity contribution in [1.82, 2.24) is 0 Å². The van der Waals surface area contributed by atoms with Gasteiger partial charge < -0.3 is 4.42 Å². The summed E-state index contributed by atoms with van der Waals surface area (Å²) in [6.45, 7) is 0. The molecule has 0 fully saturated rings. The van der Waals surface area contributed by atoms with Gasteiger partial charge in [0.25, 0.3) is 0 Å². The Morgan fingerprint density at radius 1 is 1.08 bits per heavy atom. The topological polar surface area (TPSA) is 13.1 Å². The highest BCUT2D eigenvalue weighted by Gasteiger charge is 2.32. The van der Waals surface area contributed by atoms with Crippen LogP contribution in [0.4, 0.5) is 13.2 Å². The maximum absolute atomic E-state index is 12.4. The van der Waals surface area contributed by atoms with E-state index in [0.29, 0.717) is 0 Å². The standard InChI is InChI=1S/C9H5F3O/c10-9(11,12)7-2-1-3-8-6(7)4-5-13-8/h1-5H. The van der Waals surface area contributed by atoms with E-state index in [0.717, 1.165) is 6.07 Å². The number of benzene rings is 1. The van der Waals surface area contributed by atoms with E-state index in [1.54, 1.807) is 0 Å². The van der Waals surface area contributed by atoms with Crippen LogP contribution in [0.2, 0.25) is 0 Å². The average Bonchev–Trinajstić information content (AvgIpc) is 2.48. The zero-order valence-corrected chi connectivity index (χ0v) is 6.43. The minimum atomic E-state index is -4.32. The van der Waals surface area contributed by atoms with Crippen LogP contribution in [-0.4, -0.2) is 0 Å². The zero-order valence-electron chi connectivity index (χ0n) is 6.43. The molecule has 2 aromatic rings. The summed E-state index contributed by atoms with van der Waals surface area (Å²) < 4.78 is 41.9. The maximum Gasteiger partial charge on any atom is 0.417 e. The molecule has 4 heteroatoms. The number of furan rings is 1. The molecule has 0 saturated heterocycles. The largest absolute Gasteiger partial charge is 0.464 e. The van der Waals surface area contributed by atoms with Crippen molar-refractivity contribution >= 4 is 11.0 Å². The minimum Gasteiger partial charge on any atom is -0.464 e. The van der Waals surface area contributed by atoms with Gasteiger partial charge in [-0.05, 0) is 18.2 Å². The Morgan fingerprint density at radius 3 is 2.54 bits per heavy atom. The molecule has 0 radical (unpaired) electrons. The highest BCUT2D eigenvalue weighted by Crippen LogP contribution is 2.34. The van der Waals surface area contributed by atoms with E-state index in [1.165, 1.54) is 24.5 Å². The van der Waals surface area contributed by atoms with Crippen LogP contribution in [0, 0.1) is 0 Å². The van der Waals surface area contributed by atoms with Crippen molar-refractivity contribution in [2.75, 3.05) is 0 Å². The van der Waals surface area contributed by atoms with Crippen LogP contribution >= 0.6 is 0 Å². The van der Waals surface area contributed by atoms with Crippen LogP contribution in [-0.2, 0) is 6.18 Å². The molecule has 1 aromatic heterocycles. The molecule has 0 N–H and O–H groups in total. The molecule has 0 spiro atoms. The molecule has 0 aliphatic heterocycles. The summed E-state index contributed by atoms with van der Waals surface area (Å²) in [5.41, 5.74) is -0.395. The Labute approximate surface area is 71.8 Å². The lowest BCUT2D eigenvalue weighted by molar-refractivity contribution is -0.136. The minimum absolute atomic E-state index is 0.106. The number of alkyl halides is 3. The van der Waals surface area contributed by atoms with Crippen molar-refractivity contribution in [3.8, 4) is 0 Å². The summed E-state index contributed by atoms with van der Waals surface area (Å²) in [6, 6.07) is 5.19. The molecule has 2 rings (SSSR count). The van der Waals surface area contributed by atoms with Gasteiger partial charge >= 0.3 is 6.18 Å². The second-order valence-corrected chi connectivity index (χ2v) is 2.64. The molecule has 0 bridgehead atoms. The molecule has 0 unspecified atom stereocenters. The first-order valence-electron chi connectivity index (χ1n) is 3.62.